The van der Waals surface area contributed by atoms with E-state index < -0.39 is 0 Å². The molecule has 0 aromatic heterocycles. The van der Waals surface area contributed by atoms with E-state index in [-0.39, 0.29) is 11.5 Å². The van der Waals surface area contributed by atoms with Crippen molar-refractivity contribution in [3.05, 3.63) is 23.8 Å². The van der Waals surface area contributed by atoms with Crippen LogP contribution in [0.5, 0.6) is 11.5 Å². The first-order valence-electron chi connectivity index (χ1n) is 3.76. The van der Waals surface area contributed by atoms with Crippen LogP contribution in [-0.4, -0.2) is 16.0 Å². The fourth-order valence-electron chi connectivity index (χ4n) is 0.939. The summed E-state index contributed by atoms with van der Waals surface area (Å²) in [6.45, 7) is 0. The average molecular weight is 195 g/mol. The maximum absolute atomic E-state index is 9.13. The van der Waals surface area contributed by atoms with E-state index >= 15 is 0 Å². The highest BCUT2D eigenvalue weighted by atomic mass is 32.2. The monoisotopic (exact) mass is 195 g/mol. The largest absolute Gasteiger partial charge is 0.504 e. The van der Waals surface area contributed by atoms with Crippen LogP contribution in [0.25, 0.3) is 0 Å². The Labute approximate surface area is 80.6 Å². The molecule has 1 aromatic carbocycles. The highest BCUT2D eigenvalue weighted by molar-refractivity contribution is 8.03. The summed E-state index contributed by atoms with van der Waals surface area (Å²) in [5.41, 5.74) is 0.915. The van der Waals surface area contributed by atoms with Gasteiger partial charge in [-0.25, -0.2) is 0 Å². The van der Waals surface area contributed by atoms with Gasteiger partial charge >= 0.3 is 0 Å². The number of phenolic OH excluding ortho intramolecular Hbond substituents is 2. The maximum atomic E-state index is 9.13. The third-order valence-corrected chi connectivity index (χ3v) is 2.13. The topological polar surface area (TPSA) is 64.2 Å². The summed E-state index contributed by atoms with van der Waals surface area (Å²) in [6.07, 6.45) is 0.714. The molecule has 0 fully saturated rings. The second-order valence-corrected chi connectivity index (χ2v) is 3.39. The van der Waals surface area contributed by atoms with Crippen LogP contribution in [0.2, 0.25) is 0 Å². The van der Waals surface area contributed by atoms with Gasteiger partial charge in [0.25, 0.3) is 0 Å². The Kier molecular flexibility index (Phi) is 3.47. The van der Waals surface area contributed by atoms with E-state index in [1.165, 1.54) is 23.9 Å². The van der Waals surface area contributed by atoms with Crippen LogP contribution in [0.1, 0.15) is 5.56 Å². The number of hydrogen-bond acceptors (Lipinski definition) is 4. The van der Waals surface area contributed by atoms with E-state index in [2.05, 4.69) is 0 Å². The van der Waals surface area contributed by atoms with Gasteiger partial charge in [-0.05, 0) is 35.9 Å². The predicted octanol–water partition coefficient (Wildman–Crippen LogP) is 1.85. The summed E-state index contributed by atoms with van der Waals surface area (Å²) in [7, 11) is 0. The molecule has 1 aromatic rings. The number of thioether (sulfide) groups is 1. The number of nitriles is 1. The zero-order valence-corrected chi connectivity index (χ0v) is 7.71. The Bertz CT molecular complexity index is 333. The fourth-order valence-corrected chi connectivity index (χ4v) is 1.37. The number of phenols is 2. The van der Waals surface area contributed by atoms with E-state index in [0.717, 1.165) is 5.56 Å². The molecule has 0 aliphatic carbocycles. The molecule has 13 heavy (non-hydrogen) atoms. The smallest absolute Gasteiger partial charge is 0.157 e. The number of aromatic hydroxyl groups is 2. The molecule has 4 heteroatoms. The standard InChI is InChI=1S/C9H9NO2S/c10-6-13-4-3-7-1-2-8(11)9(12)5-7/h1-2,5,11-12H,3-4H2. The number of nitrogens with zero attached hydrogens (tertiary/aromatic N) is 1. The minimum absolute atomic E-state index is 0.112. The molecule has 68 valence electrons. The summed E-state index contributed by atoms with van der Waals surface area (Å²) < 4.78 is 0. The van der Waals surface area contributed by atoms with Crippen molar-refractivity contribution in [3.8, 4) is 16.9 Å². The first kappa shape index (κ1) is 9.75. The molecule has 0 heterocycles. The van der Waals surface area contributed by atoms with Crippen molar-refractivity contribution in [2.24, 2.45) is 0 Å². The van der Waals surface area contributed by atoms with Gasteiger partial charge in [0, 0.05) is 5.75 Å². The van der Waals surface area contributed by atoms with Gasteiger partial charge in [-0.15, -0.1) is 0 Å². The van der Waals surface area contributed by atoms with Gasteiger partial charge in [-0.3, -0.25) is 0 Å². The number of benzene rings is 1. The Balaban J connectivity index is 2.59. The summed E-state index contributed by atoms with van der Waals surface area (Å²) in [6, 6.07) is 4.68. The lowest BCUT2D eigenvalue weighted by Crippen LogP contribution is -1.86. The van der Waals surface area contributed by atoms with Crippen LogP contribution in [0.15, 0.2) is 18.2 Å². The van der Waals surface area contributed by atoms with Gasteiger partial charge in [0.15, 0.2) is 11.5 Å². The van der Waals surface area contributed by atoms with Crippen LogP contribution < -0.4 is 0 Å². The Morgan fingerprint density at radius 1 is 1.31 bits per heavy atom. The molecular formula is C9H9NO2S. The second kappa shape index (κ2) is 4.63. The lowest BCUT2D eigenvalue weighted by molar-refractivity contribution is 0.403. The lowest BCUT2D eigenvalue weighted by atomic mass is 10.1. The van der Waals surface area contributed by atoms with Crippen molar-refractivity contribution in [1.29, 1.82) is 5.26 Å². The van der Waals surface area contributed by atoms with E-state index in [9.17, 15) is 0 Å². The predicted molar refractivity (Wildman–Crippen MR) is 51.5 cm³/mol. The zero-order valence-electron chi connectivity index (χ0n) is 6.90. The van der Waals surface area contributed by atoms with Crippen molar-refractivity contribution in [2.75, 3.05) is 5.75 Å². The summed E-state index contributed by atoms with van der Waals surface area (Å²) in [4.78, 5) is 0. The number of hydrogen-bond donors (Lipinski definition) is 2. The third-order valence-electron chi connectivity index (χ3n) is 1.60. The van der Waals surface area contributed by atoms with Gasteiger partial charge in [0.05, 0.1) is 0 Å². The fraction of sp³-hybridized carbons (Fsp3) is 0.222. The number of rotatable bonds is 3. The molecule has 0 aliphatic rings. The van der Waals surface area contributed by atoms with Crippen molar-refractivity contribution >= 4 is 11.8 Å². The highest BCUT2D eigenvalue weighted by Gasteiger charge is 2.00. The molecule has 0 unspecified atom stereocenters. The van der Waals surface area contributed by atoms with Crippen molar-refractivity contribution in [1.82, 2.24) is 0 Å². The molecule has 2 N–H and O–H groups in total. The molecule has 0 atom stereocenters. The molecule has 0 saturated carbocycles. The Morgan fingerprint density at radius 3 is 2.69 bits per heavy atom. The van der Waals surface area contributed by atoms with Gasteiger partial charge in [0.2, 0.25) is 0 Å². The summed E-state index contributed by atoms with van der Waals surface area (Å²) >= 11 is 1.17. The molecule has 0 radical (unpaired) electrons. The van der Waals surface area contributed by atoms with Crippen LogP contribution in [-0.2, 0) is 6.42 Å². The SMILES string of the molecule is N#CSCCc1ccc(O)c(O)c1. The lowest BCUT2D eigenvalue weighted by Gasteiger charge is -2.01. The van der Waals surface area contributed by atoms with Crippen LogP contribution >= 0.6 is 11.8 Å². The van der Waals surface area contributed by atoms with Gasteiger partial charge < -0.3 is 10.2 Å². The van der Waals surface area contributed by atoms with Crippen molar-refractivity contribution < 1.29 is 10.2 Å². The zero-order chi connectivity index (χ0) is 9.68. The number of thiocyanates is 1. The first-order valence-corrected chi connectivity index (χ1v) is 4.74. The van der Waals surface area contributed by atoms with Crippen LogP contribution in [0.4, 0.5) is 0 Å². The minimum atomic E-state index is -0.114. The summed E-state index contributed by atoms with van der Waals surface area (Å²) in [5, 5.41) is 28.4. The van der Waals surface area contributed by atoms with E-state index in [1.807, 2.05) is 5.40 Å². The quantitative estimate of drug-likeness (QED) is 0.439. The van der Waals surface area contributed by atoms with E-state index in [4.69, 9.17) is 15.5 Å². The maximum Gasteiger partial charge on any atom is 0.157 e. The molecule has 0 saturated heterocycles. The molecule has 0 aliphatic heterocycles. The molecular weight excluding hydrogens is 186 g/mol. The summed E-state index contributed by atoms with van der Waals surface area (Å²) in [5.74, 6) is 0.469. The number of aryl methyl sites for hydroxylation is 1. The Morgan fingerprint density at radius 2 is 2.08 bits per heavy atom. The molecule has 0 bridgehead atoms. The van der Waals surface area contributed by atoms with Crippen LogP contribution in [0, 0.1) is 10.7 Å². The normalized spacial score (nSPS) is 9.46. The second-order valence-electron chi connectivity index (χ2n) is 2.51. The van der Waals surface area contributed by atoms with Crippen molar-refractivity contribution in [2.45, 2.75) is 6.42 Å². The molecule has 1 rings (SSSR count). The first-order chi connectivity index (χ1) is 6.24. The molecule has 0 amide bonds. The third kappa shape index (κ3) is 2.88. The highest BCUT2D eigenvalue weighted by Crippen LogP contribution is 2.25. The Hall–Kier alpha value is -1.34. The minimum Gasteiger partial charge on any atom is -0.504 e. The molecule has 3 nitrogen and oxygen atoms in total. The van der Waals surface area contributed by atoms with Gasteiger partial charge in [-0.2, -0.15) is 5.26 Å². The van der Waals surface area contributed by atoms with Gasteiger partial charge in [-0.1, -0.05) is 6.07 Å². The van der Waals surface area contributed by atoms with Gasteiger partial charge in [0.1, 0.15) is 5.40 Å². The molecule has 0 spiro atoms. The average Bonchev–Trinajstić information content (AvgIpc) is 2.12. The van der Waals surface area contributed by atoms with E-state index in [0.29, 0.717) is 12.2 Å². The van der Waals surface area contributed by atoms with E-state index in [1.54, 1.807) is 6.07 Å². The van der Waals surface area contributed by atoms with Crippen LogP contribution in [0.3, 0.4) is 0 Å². The van der Waals surface area contributed by atoms with Crippen molar-refractivity contribution in [3.63, 3.8) is 0 Å².